The number of ether oxygens (including phenoxy) is 2. The van der Waals surface area contributed by atoms with Crippen molar-refractivity contribution in [3.63, 3.8) is 0 Å². The molecule has 0 aliphatic rings. The molecule has 0 saturated carbocycles. The normalized spacial score (nSPS) is 11.7. The summed E-state index contributed by atoms with van der Waals surface area (Å²) in [6.45, 7) is -3.12. The van der Waals surface area contributed by atoms with Gasteiger partial charge in [-0.1, -0.05) is 30.3 Å². The smallest absolute Gasteiger partial charge is 0.434 e. The number of para-hydroxylation sites is 3. The first-order chi connectivity index (χ1) is 12.2. The molecule has 0 heterocycles. The Bertz CT molecular complexity index is 772. The van der Waals surface area contributed by atoms with Crippen molar-refractivity contribution in [2.75, 3.05) is 5.32 Å². The molecule has 0 aromatic heterocycles. The van der Waals surface area contributed by atoms with E-state index in [9.17, 15) is 22.0 Å². The van der Waals surface area contributed by atoms with Gasteiger partial charge in [0.15, 0.2) is 11.7 Å². The number of aliphatic imine (C=N–C) groups is 1. The second kappa shape index (κ2) is 10.1. The lowest BCUT2D eigenvalue weighted by molar-refractivity contribution is -0.274. The van der Waals surface area contributed by atoms with E-state index >= 15 is 0 Å². The largest absolute Gasteiger partial charge is 0.573 e. The van der Waals surface area contributed by atoms with E-state index in [-0.39, 0.29) is 47.9 Å². The topological polar surface area (TPSA) is 68.9 Å². The molecular weight excluding hydrogens is 488 g/mol. The van der Waals surface area contributed by atoms with Gasteiger partial charge in [-0.25, -0.2) is 4.99 Å². The molecule has 0 fully saturated rings. The fourth-order valence-corrected chi connectivity index (χ4v) is 1.98. The van der Waals surface area contributed by atoms with Crippen molar-refractivity contribution in [2.45, 2.75) is 19.5 Å². The first-order valence-corrected chi connectivity index (χ1v) is 7.19. The summed E-state index contributed by atoms with van der Waals surface area (Å²) in [7, 11) is 0. The Hall–Kier alpha value is -2.31. The molecule has 2 aromatic rings. The summed E-state index contributed by atoms with van der Waals surface area (Å²) < 4.78 is 70.1. The fourth-order valence-electron chi connectivity index (χ4n) is 1.98. The average Bonchev–Trinajstić information content (AvgIpc) is 2.54. The predicted octanol–water partition coefficient (Wildman–Crippen LogP) is 4.73. The zero-order valence-electron chi connectivity index (χ0n) is 13.5. The standard InChI is InChI=1S/C16H14F5N3O2.HI/c17-14(18)25-12-7-3-1-5-10(12)9-23-15(22)24-11-6-2-4-8-13(11)26-16(19,20)21;/h1-8,14H,9H2,(H3,22,23,24);1H. The molecule has 27 heavy (non-hydrogen) atoms. The third-order valence-electron chi connectivity index (χ3n) is 2.98. The Labute approximate surface area is 168 Å². The van der Waals surface area contributed by atoms with Crippen molar-refractivity contribution in [3.05, 3.63) is 54.1 Å². The lowest BCUT2D eigenvalue weighted by atomic mass is 10.2. The van der Waals surface area contributed by atoms with Crippen LogP contribution in [0.2, 0.25) is 0 Å². The highest BCUT2D eigenvalue weighted by Gasteiger charge is 2.32. The van der Waals surface area contributed by atoms with Crippen LogP contribution in [0.5, 0.6) is 11.5 Å². The van der Waals surface area contributed by atoms with Crippen LogP contribution < -0.4 is 20.5 Å². The minimum Gasteiger partial charge on any atom is -0.434 e. The number of nitrogens with zero attached hydrogens (tertiary/aromatic N) is 1. The third-order valence-corrected chi connectivity index (χ3v) is 2.98. The summed E-state index contributed by atoms with van der Waals surface area (Å²) in [5.74, 6) is -0.783. The van der Waals surface area contributed by atoms with E-state index in [0.717, 1.165) is 6.07 Å². The molecule has 148 valence electrons. The molecule has 2 rings (SSSR count). The highest BCUT2D eigenvalue weighted by molar-refractivity contribution is 14.0. The van der Waals surface area contributed by atoms with E-state index in [4.69, 9.17) is 5.73 Å². The number of nitrogens with two attached hydrogens (primary N) is 1. The van der Waals surface area contributed by atoms with E-state index in [1.54, 1.807) is 6.07 Å². The zero-order valence-corrected chi connectivity index (χ0v) is 15.9. The summed E-state index contributed by atoms with van der Waals surface area (Å²) in [6.07, 6.45) is -4.87. The average molecular weight is 503 g/mol. The van der Waals surface area contributed by atoms with Crippen LogP contribution in [0.3, 0.4) is 0 Å². The summed E-state index contributed by atoms with van der Waals surface area (Å²) >= 11 is 0. The van der Waals surface area contributed by atoms with Gasteiger partial charge in [0.25, 0.3) is 0 Å². The minimum atomic E-state index is -4.87. The lowest BCUT2D eigenvalue weighted by Gasteiger charge is -2.14. The summed E-state index contributed by atoms with van der Waals surface area (Å²) in [5.41, 5.74) is 5.93. The molecule has 5 nitrogen and oxygen atoms in total. The molecular formula is C16H15F5IN3O2. The van der Waals surface area contributed by atoms with Crippen molar-refractivity contribution in [3.8, 4) is 11.5 Å². The van der Waals surface area contributed by atoms with Gasteiger partial charge in [0, 0.05) is 5.56 Å². The van der Waals surface area contributed by atoms with E-state index in [1.807, 2.05) is 0 Å². The number of hydrogen-bond donors (Lipinski definition) is 2. The van der Waals surface area contributed by atoms with Gasteiger partial charge in [-0.2, -0.15) is 8.78 Å². The molecule has 0 unspecified atom stereocenters. The van der Waals surface area contributed by atoms with Crippen molar-refractivity contribution in [2.24, 2.45) is 10.7 Å². The van der Waals surface area contributed by atoms with Crippen molar-refractivity contribution >= 4 is 35.6 Å². The quantitative estimate of drug-likeness (QED) is 0.259. The SMILES string of the molecule is I.NC(=NCc1ccccc1OC(F)F)Nc1ccccc1OC(F)(F)F. The van der Waals surface area contributed by atoms with Gasteiger partial charge in [0.05, 0.1) is 12.2 Å². The van der Waals surface area contributed by atoms with Crippen LogP contribution in [0, 0.1) is 0 Å². The Morgan fingerprint density at radius 3 is 2.26 bits per heavy atom. The number of benzene rings is 2. The van der Waals surface area contributed by atoms with Crippen LogP contribution in [0.4, 0.5) is 27.6 Å². The van der Waals surface area contributed by atoms with Crippen molar-refractivity contribution in [1.82, 2.24) is 0 Å². The maximum absolute atomic E-state index is 12.4. The molecule has 0 aliphatic heterocycles. The second-order valence-corrected chi connectivity index (χ2v) is 4.86. The zero-order chi connectivity index (χ0) is 19.2. The molecule has 0 spiro atoms. The molecule has 11 heteroatoms. The van der Waals surface area contributed by atoms with Gasteiger partial charge in [0.1, 0.15) is 5.75 Å². The molecule has 0 atom stereocenters. The fraction of sp³-hybridized carbons (Fsp3) is 0.188. The number of anilines is 1. The third kappa shape index (κ3) is 7.85. The minimum absolute atomic E-state index is 0. The van der Waals surface area contributed by atoms with E-state index in [0.29, 0.717) is 5.56 Å². The molecule has 3 N–H and O–H groups in total. The molecule has 2 aromatic carbocycles. The monoisotopic (exact) mass is 503 g/mol. The summed E-state index contributed by atoms with van der Waals surface area (Å²) in [4.78, 5) is 3.92. The summed E-state index contributed by atoms with van der Waals surface area (Å²) in [5, 5.41) is 2.48. The number of halogens is 6. The molecule has 0 bridgehead atoms. The molecule has 0 saturated heterocycles. The maximum Gasteiger partial charge on any atom is 0.573 e. The van der Waals surface area contributed by atoms with Crippen molar-refractivity contribution in [1.29, 1.82) is 0 Å². The number of guanidine groups is 1. The Kier molecular flexibility index (Phi) is 8.53. The van der Waals surface area contributed by atoms with Crippen LogP contribution in [-0.4, -0.2) is 18.9 Å². The van der Waals surface area contributed by atoms with Gasteiger partial charge in [-0.05, 0) is 18.2 Å². The first-order valence-electron chi connectivity index (χ1n) is 7.19. The number of hydrogen-bond acceptors (Lipinski definition) is 3. The molecule has 0 aliphatic carbocycles. The lowest BCUT2D eigenvalue weighted by Crippen LogP contribution is -2.24. The summed E-state index contributed by atoms with van der Waals surface area (Å²) in [6, 6.07) is 11.2. The van der Waals surface area contributed by atoms with Crippen LogP contribution in [0.25, 0.3) is 0 Å². The van der Waals surface area contributed by atoms with Crippen LogP contribution in [0.1, 0.15) is 5.56 Å². The number of rotatable bonds is 6. The Morgan fingerprint density at radius 1 is 1.04 bits per heavy atom. The predicted molar refractivity (Wildman–Crippen MR) is 101 cm³/mol. The van der Waals surface area contributed by atoms with Gasteiger partial charge >= 0.3 is 13.0 Å². The number of nitrogens with one attached hydrogen (secondary N) is 1. The Balaban J connectivity index is 0.00000364. The van der Waals surface area contributed by atoms with Gasteiger partial charge in [0.2, 0.25) is 0 Å². The first kappa shape index (κ1) is 22.7. The van der Waals surface area contributed by atoms with E-state index in [2.05, 4.69) is 19.8 Å². The molecule has 0 amide bonds. The Morgan fingerprint density at radius 2 is 1.63 bits per heavy atom. The van der Waals surface area contributed by atoms with Crippen LogP contribution in [0.15, 0.2) is 53.5 Å². The van der Waals surface area contributed by atoms with Crippen molar-refractivity contribution < 1.29 is 31.4 Å². The number of alkyl halides is 5. The molecule has 0 radical (unpaired) electrons. The van der Waals surface area contributed by atoms with Gasteiger partial charge < -0.3 is 20.5 Å². The second-order valence-electron chi connectivity index (χ2n) is 4.86. The van der Waals surface area contributed by atoms with Gasteiger partial charge in [-0.15, -0.1) is 37.1 Å². The highest BCUT2D eigenvalue weighted by Crippen LogP contribution is 2.29. The van der Waals surface area contributed by atoms with E-state index < -0.39 is 18.7 Å². The van der Waals surface area contributed by atoms with Crippen LogP contribution in [-0.2, 0) is 6.54 Å². The van der Waals surface area contributed by atoms with Gasteiger partial charge in [-0.3, -0.25) is 0 Å². The van der Waals surface area contributed by atoms with Crippen LogP contribution >= 0.6 is 24.0 Å². The van der Waals surface area contributed by atoms with E-state index in [1.165, 1.54) is 36.4 Å². The maximum atomic E-state index is 12.4. The highest BCUT2D eigenvalue weighted by atomic mass is 127.